The highest BCUT2D eigenvalue weighted by molar-refractivity contribution is 5.29. The van der Waals surface area contributed by atoms with Gasteiger partial charge in [0.25, 0.3) is 0 Å². The average Bonchev–Trinajstić information content (AvgIpc) is 2.31. The predicted octanol–water partition coefficient (Wildman–Crippen LogP) is 3.15. The fourth-order valence-electron chi connectivity index (χ4n) is 2.44. The molecular formula is C14H20N2. The van der Waals surface area contributed by atoms with E-state index >= 15 is 0 Å². The van der Waals surface area contributed by atoms with Gasteiger partial charge >= 0.3 is 0 Å². The molecule has 1 unspecified atom stereocenters. The van der Waals surface area contributed by atoms with Crippen molar-refractivity contribution < 1.29 is 0 Å². The molecule has 0 aliphatic heterocycles. The molecule has 1 N–H and O–H groups in total. The first-order chi connectivity index (χ1) is 7.81. The van der Waals surface area contributed by atoms with Crippen molar-refractivity contribution in [3.63, 3.8) is 0 Å². The van der Waals surface area contributed by atoms with Crippen molar-refractivity contribution in [3.8, 4) is 0 Å². The van der Waals surface area contributed by atoms with Gasteiger partial charge in [0.2, 0.25) is 0 Å². The zero-order valence-corrected chi connectivity index (χ0v) is 10.2. The summed E-state index contributed by atoms with van der Waals surface area (Å²) in [6.07, 6.45) is 9.44. The van der Waals surface area contributed by atoms with E-state index in [2.05, 4.69) is 28.5 Å². The molecule has 1 aromatic heterocycles. The Morgan fingerprint density at radius 2 is 2.25 bits per heavy atom. The Hall–Kier alpha value is -1.15. The molecule has 2 nitrogen and oxygen atoms in total. The van der Waals surface area contributed by atoms with E-state index in [1.807, 2.05) is 20.2 Å². The second-order valence-corrected chi connectivity index (χ2v) is 4.48. The molecule has 86 valence electrons. The van der Waals surface area contributed by atoms with Crippen LogP contribution in [0.25, 0.3) is 0 Å². The Bertz CT molecular complexity index is 382. The molecule has 0 radical (unpaired) electrons. The summed E-state index contributed by atoms with van der Waals surface area (Å²) in [5, 5.41) is 3.42. The molecule has 0 saturated heterocycles. The quantitative estimate of drug-likeness (QED) is 0.785. The first-order valence-electron chi connectivity index (χ1n) is 6.10. The van der Waals surface area contributed by atoms with Crippen LogP contribution in [0.4, 0.5) is 0 Å². The molecule has 1 aromatic rings. The van der Waals surface area contributed by atoms with E-state index in [9.17, 15) is 0 Å². The lowest BCUT2D eigenvalue weighted by Crippen LogP contribution is -2.20. The van der Waals surface area contributed by atoms with Gasteiger partial charge in [0.05, 0.1) is 6.04 Å². The first-order valence-corrected chi connectivity index (χ1v) is 6.10. The number of likely N-dealkylation sites (N-methyl/N-ethyl adjacent to an activating group) is 1. The highest BCUT2D eigenvalue weighted by atomic mass is 14.9. The van der Waals surface area contributed by atoms with Gasteiger partial charge in [-0.25, -0.2) is 0 Å². The molecule has 0 amide bonds. The monoisotopic (exact) mass is 216 g/mol. The number of hydrogen-bond donors (Lipinski definition) is 1. The fourth-order valence-corrected chi connectivity index (χ4v) is 2.44. The highest BCUT2D eigenvalue weighted by Gasteiger charge is 2.16. The van der Waals surface area contributed by atoms with Crippen LogP contribution in [-0.4, -0.2) is 12.0 Å². The van der Waals surface area contributed by atoms with Crippen LogP contribution in [0.5, 0.6) is 0 Å². The molecule has 0 bridgehead atoms. The van der Waals surface area contributed by atoms with Crippen molar-refractivity contribution in [1.82, 2.24) is 10.3 Å². The lowest BCUT2D eigenvalue weighted by atomic mass is 9.90. The molecule has 1 aliphatic rings. The summed E-state index contributed by atoms with van der Waals surface area (Å²) < 4.78 is 0. The average molecular weight is 216 g/mol. The van der Waals surface area contributed by atoms with Crippen molar-refractivity contribution in [2.75, 3.05) is 7.05 Å². The molecular weight excluding hydrogens is 196 g/mol. The number of aromatic nitrogens is 1. The molecule has 1 heterocycles. The third kappa shape index (κ3) is 2.50. The van der Waals surface area contributed by atoms with Crippen LogP contribution in [0.15, 0.2) is 30.0 Å². The van der Waals surface area contributed by atoms with Crippen LogP contribution < -0.4 is 5.32 Å². The number of hydrogen-bond acceptors (Lipinski definition) is 2. The van der Waals surface area contributed by atoms with Gasteiger partial charge in [0.1, 0.15) is 0 Å². The van der Waals surface area contributed by atoms with Gasteiger partial charge in [0.15, 0.2) is 0 Å². The minimum absolute atomic E-state index is 0.377. The molecule has 0 fully saturated rings. The lowest BCUT2D eigenvalue weighted by Gasteiger charge is -2.23. The molecule has 1 aliphatic carbocycles. The van der Waals surface area contributed by atoms with Gasteiger partial charge in [-0.15, -0.1) is 0 Å². The van der Waals surface area contributed by atoms with E-state index in [0.717, 1.165) is 5.69 Å². The zero-order valence-electron chi connectivity index (χ0n) is 10.2. The van der Waals surface area contributed by atoms with Gasteiger partial charge in [-0.2, -0.15) is 0 Å². The smallest absolute Gasteiger partial charge is 0.0534 e. The number of rotatable bonds is 3. The Morgan fingerprint density at radius 1 is 1.38 bits per heavy atom. The van der Waals surface area contributed by atoms with Crippen LogP contribution in [0.3, 0.4) is 0 Å². The second kappa shape index (κ2) is 5.26. The second-order valence-electron chi connectivity index (χ2n) is 4.48. The molecule has 0 saturated carbocycles. The predicted molar refractivity (Wildman–Crippen MR) is 67.3 cm³/mol. The van der Waals surface area contributed by atoms with Gasteiger partial charge < -0.3 is 5.32 Å². The summed E-state index contributed by atoms with van der Waals surface area (Å²) in [4.78, 5) is 4.25. The van der Waals surface area contributed by atoms with Gasteiger partial charge in [-0.1, -0.05) is 11.6 Å². The summed E-state index contributed by atoms with van der Waals surface area (Å²) in [6.45, 7) is 2.05. The summed E-state index contributed by atoms with van der Waals surface area (Å²) in [5.74, 6) is 0. The highest BCUT2D eigenvalue weighted by Crippen LogP contribution is 2.29. The third-order valence-corrected chi connectivity index (χ3v) is 3.24. The normalized spacial score (nSPS) is 18.0. The summed E-state index contributed by atoms with van der Waals surface area (Å²) in [5.41, 5.74) is 3.97. The molecule has 1 atom stereocenters. The lowest BCUT2D eigenvalue weighted by molar-refractivity contribution is 0.592. The third-order valence-electron chi connectivity index (χ3n) is 3.24. The van der Waals surface area contributed by atoms with Crippen molar-refractivity contribution in [2.45, 2.75) is 38.6 Å². The van der Waals surface area contributed by atoms with Gasteiger partial charge in [-0.05, 0) is 57.4 Å². The minimum Gasteiger partial charge on any atom is -0.310 e. The van der Waals surface area contributed by atoms with E-state index in [1.54, 1.807) is 5.57 Å². The maximum atomic E-state index is 4.25. The SMILES string of the molecule is CNC(C1=CCCCC1)c1ccnc(C)c1. The van der Waals surface area contributed by atoms with Crippen molar-refractivity contribution in [1.29, 1.82) is 0 Å². The molecule has 0 aromatic carbocycles. The number of allylic oxidation sites excluding steroid dienone is 1. The molecule has 16 heavy (non-hydrogen) atoms. The summed E-state index contributed by atoms with van der Waals surface area (Å²) in [7, 11) is 2.04. The number of nitrogens with zero attached hydrogens (tertiary/aromatic N) is 1. The standard InChI is InChI=1S/C14H20N2/c1-11-10-13(8-9-16-11)14(15-2)12-6-4-3-5-7-12/h6,8-10,14-15H,3-5,7H2,1-2H3. The number of nitrogens with one attached hydrogen (secondary N) is 1. The summed E-state index contributed by atoms with van der Waals surface area (Å²) in [6, 6.07) is 4.67. The van der Waals surface area contributed by atoms with E-state index in [4.69, 9.17) is 0 Å². The molecule has 2 heteroatoms. The van der Waals surface area contributed by atoms with E-state index in [1.165, 1.54) is 31.2 Å². The van der Waals surface area contributed by atoms with Crippen LogP contribution in [0.1, 0.15) is 43.0 Å². The van der Waals surface area contributed by atoms with E-state index < -0.39 is 0 Å². The van der Waals surface area contributed by atoms with Gasteiger partial charge in [0, 0.05) is 11.9 Å². The Balaban J connectivity index is 2.25. The fraction of sp³-hybridized carbons (Fsp3) is 0.500. The maximum absolute atomic E-state index is 4.25. The van der Waals surface area contributed by atoms with Crippen molar-refractivity contribution >= 4 is 0 Å². The van der Waals surface area contributed by atoms with Crippen molar-refractivity contribution in [3.05, 3.63) is 41.2 Å². The Labute approximate surface area is 97.8 Å². The molecule has 2 rings (SSSR count). The minimum atomic E-state index is 0.377. The Morgan fingerprint density at radius 3 is 2.88 bits per heavy atom. The first kappa shape index (κ1) is 11.3. The van der Waals surface area contributed by atoms with E-state index in [-0.39, 0.29) is 0 Å². The largest absolute Gasteiger partial charge is 0.310 e. The Kier molecular flexibility index (Phi) is 3.73. The summed E-state index contributed by atoms with van der Waals surface area (Å²) >= 11 is 0. The maximum Gasteiger partial charge on any atom is 0.0534 e. The van der Waals surface area contributed by atoms with Crippen LogP contribution >= 0.6 is 0 Å². The van der Waals surface area contributed by atoms with Gasteiger partial charge in [-0.3, -0.25) is 4.98 Å². The van der Waals surface area contributed by atoms with Crippen molar-refractivity contribution in [2.24, 2.45) is 0 Å². The van der Waals surface area contributed by atoms with Crippen LogP contribution in [0.2, 0.25) is 0 Å². The number of pyridine rings is 1. The van der Waals surface area contributed by atoms with Crippen LogP contribution in [-0.2, 0) is 0 Å². The number of aryl methyl sites for hydroxylation is 1. The van der Waals surface area contributed by atoms with Crippen LogP contribution in [0, 0.1) is 6.92 Å². The molecule has 0 spiro atoms. The van der Waals surface area contributed by atoms with E-state index in [0.29, 0.717) is 6.04 Å². The zero-order chi connectivity index (χ0) is 11.4. The topological polar surface area (TPSA) is 24.9 Å².